The summed E-state index contributed by atoms with van der Waals surface area (Å²) in [6.45, 7) is 5.53. The molecule has 14 heavy (non-hydrogen) atoms. The molecule has 0 heterocycles. The van der Waals surface area contributed by atoms with Crippen molar-refractivity contribution in [3.63, 3.8) is 0 Å². The molecule has 1 unspecified atom stereocenters. The zero-order valence-electron chi connectivity index (χ0n) is 8.90. The van der Waals surface area contributed by atoms with Gasteiger partial charge in [-0.3, -0.25) is 0 Å². The van der Waals surface area contributed by atoms with E-state index in [9.17, 15) is 5.11 Å². The van der Waals surface area contributed by atoms with Gasteiger partial charge in [-0.05, 0) is 11.5 Å². The van der Waals surface area contributed by atoms with Crippen molar-refractivity contribution in [3.8, 4) is 0 Å². The monoisotopic (exact) mass is 193 g/mol. The van der Waals surface area contributed by atoms with Crippen LogP contribution in [0.3, 0.4) is 0 Å². The SMILES string of the molecule is CC(C)C(O)CNCc1ccccc1. The Morgan fingerprint density at radius 2 is 1.86 bits per heavy atom. The Balaban J connectivity index is 2.22. The Morgan fingerprint density at radius 3 is 2.43 bits per heavy atom. The molecule has 1 aromatic rings. The minimum atomic E-state index is -0.251. The van der Waals surface area contributed by atoms with E-state index in [1.54, 1.807) is 0 Å². The first kappa shape index (κ1) is 11.2. The van der Waals surface area contributed by atoms with Gasteiger partial charge in [-0.25, -0.2) is 0 Å². The van der Waals surface area contributed by atoms with Crippen molar-refractivity contribution in [1.29, 1.82) is 0 Å². The minimum absolute atomic E-state index is 0.251. The molecule has 0 saturated carbocycles. The molecule has 0 aliphatic carbocycles. The number of nitrogens with one attached hydrogen (secondary N) is 1. The lowest BCUT2D eigenvalue weighted by atomic mass is 10.1. The number of rotatable bonds is 5. The van der Waals surface area contributed by atoms with Crippen LogP contribution >= 0.6 is 0 Å². The molecule has 0 amide bonds. The minimum Gasteiger partial charge on any atom is -0.392 e. The molecule has 0 spiro atoms. The van der Waals surface area contributed by atoms with Gasteiger partial charge in [0.1, 0.15) is 0 Å². The Kier molecular flexibility index (Phi) is 4.63. The Hall–Kier alpha value is -0.860. The summed E-state index contributed by atoms with van der Waals surface area (Å²) >= 11 is 0. The van der Waals surface area contributed by atoms with E-state index >= 15 is 0 Å². The standard InChI is InChI=1S/C12H19NO/c1-10(2)12(14)9-13-8-11-6-4-3-5-7-11/h3-7,10,12-14H,8-9H2,1-2H3. The summed E-state index contributed by atoms with van der Waals surface area (Å²) in [4.78, 5) is 0. The van der Waals surface area contributed by atoms with Crippen molar-refractivity contribution >= 4 is 0 Å². The summed E-state index contributed by atoms with van der Waals surface area (Å²) in [5.74, 6) is 0.318. The second-order valence-corrected chi connectivity index (χ2v) is 3.93. The van der Waals surface area contributed by atoms with Crippen LogP contribution in [0.15, 0.2) is 30.3 Å². The van der Waals surface area contributed by atoms with E-state index in [0.717, 1.165) is 6.54 Å². The Bertz CT molecular complexity index is 246. The maximum absolute atomic E-state index is 9.54. The third kappa shape index (κ3) is 3.90. The first-order valence-electron chi connectivity index (χ1n) is 5.13. The maximum atomic E-state index is 9.54. The highest BCUT2D eigenvalue weighted by atomic mass is 16.3. The van der Waals surface area contributed by atoms with Crippen LogP contribution in [0.4, 0.5) is 0 Å². The van der Waals surface area contributed by atoms with E-state index in [2.05, 4.69) is 17.4 Å². The van der Waals surface area contributed by atoms with Crippen LogP contribution in [-0.4, -0.2) is 17.8 Å². The fourth-order valence-corrected chi connectivity index (χ4v) is 1.20. The molecular formula is C12H19NO. The summed E-state index contributed by atoms with van der Waals surface area (Å²) in [5, 5.41) is 12.8. The highest BCUT2D eigenvalue weighted by Gasteiger charge is 2.07. The van der Waals surface area contributed by atoms with Crippen LogP contribution in [0.2, 0.25) is 0 Å². The predicted molar refractivity (Wildman–Crippen MR) is 59.0 cm³/mol. The largest absolute Gasteiger partial charge is 0.392 e. The molecule has 78 valence electrons. The topological polar surface area (TPSA) is 32.3 Å². The quantitative estimate of drug-likeness (QED) is 0.747. The van der Waals surface area contributed by atoms with Crippen LogP contribution in [0.25, 0.3) is 0 Å². The van der Waals surface area contributed by atoms with Gasteiger partial charge in [0.2, 0.25) is 0 Å². The molecule has 0 aromatic heterocycles. The lowest BCUT2D eigenvalue weighted by molar-refractivity contribution is 0.123. The van der Waals surface area contributed by atoms with E-state index in [-0.39, 0.29) is 6.10 Å². The van der Waals surface area contributed by atoms with Gasteiger partial charge in [-0.1, -0.05) is 44.2 Å². The second kappa shape index (κ2) is 5.78. The predicted octanol–water partition coefficient (Wildman–Crippen LogP) is 1.79. The first-order chi connectivity index (χ1) is 6.70. The third-order valence-corrected chi connectivity index (χ3v) is 2.29. The number of hydrogen-bond donors (Lipinski definition) is 2. The molecule has 1 rings (SSSR count). The smallest absolute Gasteiger partial charge is 0.0687 e. The van der Waals surface area contributed by atoms with E-state index in [1.807, 2.05) is 32.0 Å². The van der Waals surface area contributed by atoms with Gasteiger partial charge in [0.25, 0.3) is 0 Å². The fraction of sp³-hybridized carbons (Fsp3) is 0.500. The highest BCUT2D eigenvalue weighted by molar-refractivity contribution is 5.14. The zero-order chi connectivity index (χ0) is 10.4. The van der Waals surface area contributed by atoms with Gasteiger partial charge in [0.05, 0.1) is 6.10 Å². The zero-order valence-corrected chi connectivity index (χ0v) is 8.90. The van der Waals surface area contributed by atoms with Crippen LogP contribution in [0.5, 0.6) is 0 Å². The summed E-state index contributed by atoms with van der Waals surface area (Å²) in [7, 11) is 0. The summed E-state index contributed by atoms with van der Waals surface area (Å²) < 4.78 is 0. The third-order valence-electron chi connectivity index (χ3n) is 2.29. The van der Waals surface area contributed by atoms with Crippen LogP contribution in [0, 0.1) is 5.92 Å². The molecule has 0 radical (unpaired) electrons. The second-order valence-electron chi connectivity index (χ2n) is 3.93. The van der Waals surface area contributed by atoms with Crippen molar-refractivity contribution in [3.05, 3.63) is 35.9 Å². The van der Waals surface area contributed by atoms with Crippen molar-refractivity contribution in [2.45, 2.75) is 26.5 Å². The van der Waals surface area contributed by atoms with Gasteiger partial charge < -0.3 is 10.4 Å². The van der Waals surface area contributed by atoms with Crippen LogP contribution in [0.1, 0.15) is 19.4 Å². The Labute approximate surface area is 86.0 Å². The molecule has 1 atom stereocenters. The van der Waals surface area contributed by atoms with E-state index in [1.165, 1.54) is 5.56 Å². The van der Waals surface area contributed by atoms with E-state index < -0.39 is 0 Å². The molecule has 2 nitrogen and oxygen atoms in total. The van der Waals surface area contributed by atoms with Crippen molar-refractivity contribution in [1.82, 2.24) is 5.32 Å². The van der Waals surface area contributed by atoms with Crippen molar-refractivity contribution in [2.24, 2.45) is 5.92 Å². The average molecular weight is 193 g/mol. The molecule has 0 fully saturated rings. The summed E-state index contributed by atoms with van der Waals surface area (Å²) in [6, 6.07) is 10.2. The summed E-state index contributed by atoms with van der Waals surface area (Å²) in [5.41, 5.74) is 1.25. The van der Waals surface area contributed by atoms with Crippen LogP contribution in [-0.2, 0) is 6.54 Å². The molecular weight excluding hydrogens is 174 g/mol. The fourth-order valence-electron chi connectivity index (χ4n) is 1.20. The first-order valence-corrected chi connectivity index (χ1v) is 5.13. The molecule has 2 N–H and O–H groups in total. The lowest BCUT2D eigenvalue weighted by Crippen LogP contribution is -2.30. The normalized spacial score (nSPS) is 13.1. The van der Waals surface area contributed by atoms with Crippen molar-refractivity contribution < 1.29 is 5.11 Å². The van der Waals surface area contributed by atoms with Crippen LogP contribution < -0.4 is 5.32 Å². The van der Waals surface area contributed by atoms with Gasteiger partial charge in [0.15, 0.2) is 0 Å². The molecule has 2 heteroatoms. The lowest BCUT2D eigenvalue weighted by Gasteiger charge is -2.14. The van der Waals surface area contributed by atoms with Gasteiger partial charge in [-0.2, -0.15) is 0 Å². The van der Waals surface area contributed by atoms with Gasteiger partial charge in [-0.15, -0.1) is 0 Å². The van der Waals surface area contributed by atoms with Gasteiger partial charge >= 0.3 is 0 Å². The molecule has 0 bridgehead atoms. The molecule has 1 aromatic carbocycles. The number of hydrogen-bond acceptors (Lipinski definition) is 2. The van der Waals surface area contributed by atoms with Gasteiger partial charge in [0, 0.05) is 13.1 Å². The highest BCUT2D eigenvalue weighted by Crippen LogP contribution is 2.01. The molecule has 0 saturated heterocycles. The molecule has 0 aliphatic heterocycles. The van der Waals surface area contributed by atoms with E-state index in [0.29, 0.717) is 12.5 Å². The van der Waals surface area contributed by atoms with Crippen molar-refractivity contribution in [2.75, 3.05) is 6.54 Å². The average Bonchev–Trinajstić information content (AvgIpc) is 2.19. The summed E-state index contributed by atoms with van der Waals surface area (Å²) in [6.07, 6.45) is -0.251. The van der Waals surface area contributed by atoms with E-state index in [4.69, 9.17) is 0 Å². The molecule has 0 aliphatic rings. The Morgan fingerprint density at radius 1 is 1.21 bits per heavy atom. The number of aliphatic hydroxyl groups excluding tert-OH is 1. The number of aliphatic hydroxyl groups is 1. The maximum Gasteiger partial charge on any atom is 0.0687 e. The number of benzene rings is 1.